The number of carboxylic acids is 1. The van der Waals surface area contributed by atoms with Crippen molar-refractivity contribution < 1.29 is 9.90 Å². The number of anilines is 1. The molecular formula is C16H23NO2. The minimum absolute atomic E-state index is 0.250. The molecule has 3 heteroatoms. The predicted molar refractivity (Wildman–Crippen MR) is 77.4 cm³/mol. The number of carbonyl (C=O) groups is 1. The van der Waals surface area contributed by atoms with E-state index in [0.717, 1.165) is 36.9 Å². The zero-order chi connectivity index (χ0) is 13.7. The quantitative estimate of drug-likeness (QED) is 0.810. The van der Waals surface area contributed by atoms with E-state index in [1.54, 1.807) is 0 Å². The molecule has 3 nitrogen and oxygen atoms in total. The lowest BCUT2D eigenvalue weighted by Crippen LogP contribution is -2.36. The first-order chi connectivity index (χ1) is 9.16. The van der Waals surface area contributed by atoms with Crippen LogP contribution in [0.1, 0.15) is 44.1 Å². The van der Waals surface area contributed by atoms with E-state index in [-0.39, 0.29) is 5.92 Å². The Kier molecular flexibility index (Phi) is 4.83. The van der Waals surface area contributed by atoms with Crippen molar-refractivity contribution in [1.29, 1.82) is 0 Å². The molecule has 1 atom stereocenters. The second kappa shape index (κ2) is 6.60. The summed E-state index contributed by atoms with van der Waals surface area (Å²) in [4.78, 5) is 11.5. The molecule has 1 unspecified atom stereocenters. The lowest BCUT2D eigenvalue weighted by atomic mass is 9.91. The number of benzene rings is 1. The molecule has 1 saturated carbocycles. The number of aryl methyl sites for hydroxylation is 1. The van der Waals surface area contributed by atoms with E-state index >= 15 is 0 Å². The van der Waals surface area contributed by atoms with Crippen LogP contribution in [0.25, 0.3) is 0 Å². The number of hydrogen-bond acceptors (Lipinski definition) is 2. The van der Waals surface area contributed by atoms with Gasteiger partial charge in [-0.05, 0) is 43.4 Å². The average molecular weight is 261 g/mol. The summed E-state index contributed by atoms with van der Waals surface area (Å²) in [5, 5.41) is 12.7. The Balaban J connectivity index is 2.09. The maximum Gasteiger partial charge on any atom is 0.326 e. The fourth-order valence-corrected chi connectivity index (χ4v) is 2.94. The zero-order valence-corrected chi connectivity index (χ0v) is 11.6. The van der Waals surface area contributed by atoms with Crippen LogP contribution in [0.3, 0.4) is 0 Å². The first-order valence-corrected chi connectivity index (χ1v) is 7.23. The molecule has 2 rings (SSSR count). The molecule has 19 heavy (non-hydrogen) atoms. The van der Waals surface area contributed by atoms with E-state index in [1.165, 1.54) is 12.8 Å². The SMILES string of the molecule is Cc1cccc(NC(C(=O)O)C2CCCCCC2)c1. The average Bonchev–Trinajstić information content (AvgIpc) is 2.64. The maximum atomic E-state index is 11.5. The minimum atomic E-state index is -0.728. The molecule has 0 saturated heterocycles. The van der Waals surface area contributed by atoms with E-state index in [2.05, 4.69) is 5.32 Å². The van der Waals surface area contributed by atoms with Gasteiger partial charge in [0.25, 0.3) is 0 Å². The van der Waals surface area contributed by atoms with Crippen molar-refractivity contribution in [3.8, 4) is 0 Å². The van der Waals surface area contributed by atoms with Crippen LogP contribution >= 0.6 is 0 Å². The second-order valence-electron chi connectivity index (χ2n) is 5.58. The van der Waals surface area contributed by atoms with Crippen molar-refractivity contribution in [3.05, 3.63) is 29.8 Å². The number of nitrogens with one attached hydrogen (secondary N) is 1. The van der Waals surface area contributed by atoms with Crippen LogP contribution in [0.4, 0.5) is 5.69 Å². The number of rotatable bonds is 4. The van der Waals surface area contributed by atoms with E-state index in [0.29, 0.717) is 0 Å². The summed E-state index contributed by atoms with van der Waals surface area (Å²) in [6, 6.07) is 7.47. The van der Waals surface area contributed by atoms with Gasteiger partial charge in [0.1, 0.15) is 6.04 Å². The predicted octanol–water partition coefficient (Wildman–Crippen LogP) is 3.83. The molecule has 1 aliphatic carbocycles. The van der Waals surface area contributed by atoms with Gasteiger partial charge in [-0.1, -0.05) is 37.8 Å². The van der Waals surface area contributed by atoms with Crippen molar-refractivity contribution >= 4 is 11.7 Å². The van der Waals surface area contributed by atoms with Gasteiger partial charge >= 0.3 is 5.97 Å². The molecule has 0 aromatic heterocycles. The van der Waals surface area contributed by atoms with Crippen LogP contribution in [-0.2, 0) is 4.79 Å². The molecule has 0 aliphatic heterocycles. The molecule has 0 spiro atoms. The molecule has 104 valence electrons. The van der Waals surface area contributed by atoms with Crippen LogP contribution in [0.5, 0.6) is 0 Å². The third kappa shape index (κ3) is 3.98. The molecule has 1 aliphatic rings. The minimum Gasteiger partial charge on any atom is -0.480 e. The Morgan fingerprint density at radius 3 is 2.53 bits per heavy atom. The normalized spacial score (nSPS) is 18.6. The highest BCUT2D eigenvalue weighted by Crippen LogP contribution is 2.27. The van der Waals surface area contributed by atoms with Gasteiger partial charge in [0.05, 0.1) is 0 Å². The van der Waals surface area contributed by atoms with Crippen molar-refractivity contribution in [1.82, 2.24) is 0 Å². The monoisotopic (exact) mass is 261 g/mol. The number of hydrogen-bond donors (Lipinski definition) is 2. The smallest absolute Gasteiger partial charge is 0.326 e. The van der Waals surface area contributed by atoms with Crippen LogP contribution in [0.15, 0.2) is 24.3 Å². The summed E-state index contributed by atoms with van der Waals surface area (Å²) in [6.45, 7) is 2.02. The van der Waals surface area contributed by atoms with Crippen LogP contribution in [-0.4, -0.2) is 17.1 Å². The summed E-state index contributed by atoms with van der Waals surface area (Å²) in [5.41, 5.74) is 2.06. The molecule has 2 N–H and O–H groups in total. The summed E-state index contributed by atoms with van der Waals surface area (Å²) < 4.78 is 0. The molecule has 0 radical (unpaired) electrons. The highest BCUT2D eigenvalue weighted by Gasteiger charge is 2.28. The summed E-state index contributed by atoms with van der Waals surface area (Å²) >= 11 is 0. The van der Waals surface area contributed by atoms with Crippen molar-refractivity contribution in [2.75, 3.05) is 5.32 Å². The number of carboxylic acid groups (broad SMARTS) is 1. The first kappa shape index (κ1) is 13.9. The summed E-state index contributed by atoms with van der Waals surface area (Å²) in [7, 11) is 0. The second-order valence-corrected chi connectivity index (χ2v) is 5.58. The fraction of sp³-hybridized carbons (Fsp3) is 0.562. The lowest BCUT2D eigenvalue weighted by molar-refractivity contribution is -0.139. The van der Waals surface area contributed by atoms with Crippen LogP contribution in [0.2, 0.25) is 0 Å². The van der Waals surface area contributed by atoms with Gasteiger partial charge in [0.15, 0.2) is 0 Å². The van der Waals surface area contributed by atoms with Gasteiger partial charge in [0, 0.05) is 5.69 Å². The van der Waals surface area contributed by atoms with E-state index in [4.69, 9.17) is 0 Å². The van der Waals surface area contributed by atoms with Gasteiger partial charge in [0.2, 0.25) is 0 Å². The van der Waals surface area contributed by atoms with Gasteiger partial charge in [-0.2, -0.15) is 0 Å². The van der Waals surface area contributed by atoms with Crippen molar-refractivity contribution in [2.24, 2.45) is 5.92 Å². The Bertz CT molecular complexity index is 423. The maximum absolute atomic E-state index is 11.5. The third-order valence-electron chi connectivity index (χ3n) is 3.98. The van der Waals surface area contributed by atoms with Gasteiger partial charge in [-0.3, -0.25) is 0 Å². The molecule has 0 amide bonds. The topological polar surface area (TPSA) is 49.3 Å². The standard InChI is InChI=1S/C16H23NO2/c1-12-7-6-10-14(11-12)17-15(16(18)19)13-8-4-2-3-5-9-13/h6-7,10-11,13,15,17H,2-5,8-9H2,1H3,(H,18,19). The lowest BCUT2D eigenvalue weighted by Gasteiger charge is -2.24. The van der Waals surface area contributed by atoms with Crippen molar-refractivity contribution in [2.45, 2.75) is 51.5 Å². The van der Waals surface area contributed by atoms with Gasteiger partial charge < -0.3 is 10.4 Å². The highest BCUT2D eigenvalue weighted by atomic mass is 16.4. The van der Waals surface area contributed by atoms with Gasteiger partial charge in [-0.15, -0.1) is 0 Å². The number of aliphatic carboxylic acids is 1. The Labute approximate surface area is 115 Å². The molecule has 0 bridgehead atoms. The molecule has 1 aromatic carbocycles. The van der Waals surface area contributed by atoms with Gasteiger partial charge in [-0.25, -0.2) is 4.79 Å². The van der Waals surface area contributed by atoms with Crippen LogP contribution < -0.4 is 5.32 Å². The summed E-state index contributed by atoms with van der Waals surface area (Å²) in [6.07, 6.45) is 6.85. The van der Waals surface area contributed by atoms with Crippen molar-refractivity contribution in [3.63, 3.8) is 0 Å². The third-order valence-corrected chi connectivity index (χ3v) is 3.98. The Hall–Kier alpha value is -1.51. The molecular weight excluding hydrogens is 238 g/mol. The van der Waals surface area contributed by atoms with E-state index < -0.39 is 12.0 Å². The molecule has 1 aromatic rings. The van der Waals surface area contributed by atoms with E-state index in [1.807, 2.05) is 31.2 Å². The zero-order valence-electron chi connectivity index (χ0n) is 11.6. The molecule has 0 heterocycles. The largest absolute Gasteiger partial charge is 0.480 e. The summed E-state index contributed by atoms with van der Waals surface area (Å²) in [5.74, 6) is -0.478. The van der Waals surface area contributed by atoms with E-state index in [9.17, 15) is 9.90 Å². The molecule has 1 fully saturated rings. The highest BCUT2D eigenvalue weighted by molar-refractivity contribution is 5.77. The Morgan fingerprint density at radius 2 is 1.95 bits per heavy atom. The first-order valence-electron chi connectivity index (χ1n) is 7.23. The fourth-order valence-electron chi connectivity index (χ4n) is 2.94. The van der Waals surface area contributed by atoms with Crippen LogP contribution in [0, 0.1) is 12.8 Å². The Morgan fingerprint density at radius 1 is 1.26 bits per heavy atom.